The Morgan fingerprint density at radius 1 is 1.17 bits per heavy atom. The number of ketones is 1. The van der Waals surface area contributed by atoms with Gasteiger partial charge in [0.2, 0.25) is 11.7 Å². The Morgan fingerprint density at radius 3 is 2.81 bits per heavy atom. The first kappa shape index (κ1) is 22.9. The minimum Gasteiger partial charge on any atom is -0.493 e. The van der Waals surface area contributed by atoms with Crippen LogP contribution in [0, 0.1) is 6.92 Å². The molecule has 0 fully saturated rings. The molecule has 0 amide bonds. The van der Waals surface area contributed by atoms with Crippen molar-refractivity contribution in [1.29, 1.82) is 0 Å². The fraction of sp³-hybridized carbons (Fsp3) is 0.111. The van der Waals surface area contributed by atoms with Crippen molar-refractivity contribution in [3.05, 3.63) is 101 Å². The number of hydrogen-bond acceptors (Lipinski definition) is 7. The molecule has 0 radical (unpaired) electrons. The highest BCUT2D eigenvalue weighted by Crippen LogP contribution is 2.31. The van der Waals surface area contributed by atoms with Crippen molar-refractivity contribution in [2.75, 3.05) is 11.9 Å². The van der Waals surface area contributed by atoms with Gasteiger partial charge in [-0.05, 0) is 61.0 Å². The highest BCUT2D eigenvalue weighted by Gasteiger charge is 2.36. The summed E-state index contributed by atoms with van der Waals surface area (Å²) in [6, 6.07) is 14.7. The van der Waals surface area contributed by atoms with E-state index in [1.165, 1.54) is 6.08 Å². The number of carbonyl (C=O) groups is 2. The van der Waals surface area contributed by atoms with Crippen LogP contribution in [0.3, 0.4) is 0 Å². The van der Waals surface area contributed by atoms with E-state index in [0.717, 1.165) is 16.6 Å². The molecule has 3 N–H and O–H groups in total. The number of hydrogen-bond donors (Lipinski definition) is 3. The van der Waals surface area contributed by atoms with E-state index in [2.05, 4.69) is 20.3 Å². The number of aromatic amines is 1. The van der Waals surface area contributed by atoms with Crippen molar-refractivity contribution < 1.29 is 24.2 Å². The van der Waals surface area contributed by atoms with Crippen LogP contribution in [0.5, 0.6) is 5.75 Å². The van der Waals surface area contributed by atoms with E-state index in [1.807, 2.05) is 37.3 Å². The maximum atomic E-state index is 12.9. The quantitative estimate of drug-likeness (QED) is 0.252. The van der Waals surface area contributed by atoms with Crippen LogP contribution in [0.1, 0.15) is 16.8 Å². The van der Waals surface area contributed by atoms with Crippen LogP contribution in [-0.4, -0.2) is 38.4 Å². The highest BCUT2D eigenvalue weighted by molar-refractivity contribution is 6.26. The van der Waals surface area contributed by atoms with Gasteiger partial charge in [0.05, 0.1) is 6.61 Å². The predicted octanol–water partition coefficient (Wildman–Crippen LogP) is 4.24. The summed E-state index contributed by atoms with van der Waals surface area (Å²) in [5, 5.41) is 13.4. The molecule has 0 spiro atoms. The molecular weight excluding hydrogens is 460 g/mol. The zero-order valence-electron chi connectivity index (χ0n) is 19.3. The van der Waals surface area contributed by atoms with Gasteiger partial charge < -0.3 is 24.9 Å². The SMILES string of the molecule is Cc1cc(OCCc2ccccn2)ccc1NC1=C(C(=O)O)C(=O)C(=Cc2c[nH]c3ncccc23)O1. The van der Waals surface area contributed by atoms with Gasteiger partial charge in [-0.1, -0.05) is 6.07 Å². The number of H-pyrrole nitrogens is 1. The molecule has 1 aromatic carbocycles. The molecule has 9 heteroatoms. The van der Waals surface area contributed by atoms with Crippen molar-refractivity contribution in [2.45, 2.75) is 13.3 Å². The Hall–Kier alpha value is -4.92. The molecule has 1 aliphatic rings. The summed E-state index contributed by atoms with van der Waals surface area (Å²) < 4.78 is 11.5. The fourth-order valence-corrected chi connectivity index (χ4v) is 3.86. The number of aryl methyl sites for hydroxylation is 1. The number of aromatic nitrogens is 3. The average Bonchev–Trinajstić information content (AvgIpc) is 3.42. The largest absolute Gasteiger partial charge is 0.493 e. The third kappa shape index (κ3) is 4.67. The van der Waals surface area contributed by atoms with Gasteiger partial charge in [0.15, 0.2) is 11.3 Å². The third-order valence-electron chi connectivity index (χ3n) is 5.67. The van der Waals surface area contributed by atoms with E-state index >= 15 is 0 Å². The molecule has 36 heavy (non-hydrogen) atoms. The first-order chi connectivity index (χ1) is 17.5. The number of aliphatic carboxylic acids is 1. The number of rotatable bonds is 8. The number of carboxylic acid groups (broad SMARTS) is 1. The summed E-state index contributed by atoms with van der Waals surface area (Å²) in [6.07, 6.45) is 7.26. The second-order valence-electron chi connectivity index (χ2n) is 8.11. The Morgan fingerprint density at radius 2 is 2.03 bits per heavy atom. The Balaban J connectivity index is 1.32. The van der Waals surface area contributed by atoms with Gasteiger partial charge in [-0.15, -0.1) is 0 Å². The molecule has 0 bridgehead atoms. The number of nitrogens with zero attached hydrogens (tertiary/aromatic N) is 2. The molecule has 4 aromatic rings. The minimum atomic E-state index is -1.38. The zero-order valence-corrected chi connectivity index (χ0v) is 19.3. The van der Waals surface area contributed by atoms with Crippen LogP contribution < -0.4 is 10.1 Å². The monoisotopic (exact) mass is 482 g/mol. The number of Topliss-reactive ketones (excluding diaryl/α,β-unsaturated/α-hetero) is 1. The minimum absolute atomic E-state index is 0.0909. The van der Waals surface area contributed by atoms with Gasteiger partial charge in [0, 0.05) is 47.3 Å². The van der Waals surface area contributed by atoms with Gasteiger partial charge in [-0.25, -0.2) is 9.78 Å². The molecule has 5 rings (SSSR count). The summed E-state index contributed by atoms with van der Waals surface area (Å²) >= 11 is 0. The van der Waals surface area contributed by atoms with Crippen LogP contribution in [-0.2, 0) is 20.7 Å². The molecule has 3 aromatic heterocycles. The normalized spacial score (nSPS) is 14.4. The smallest absolute Gasteiger partial charge is 0.345 e. The van der Waals surface area contributed by atoms with Crippen molar-refractivity contribution in [1.82, 2.24) is 15.0 Å². The van der Waals surface area contributed by atoms with Gasteiger partial charge in [-0.3, -0.25) is 9.78 Å². The second-order valence-corrected chi connectivity index (χ2v) is 8.11. The van der Waals surface area contributed by atoms with E-state index in [1.54, 1.807) is 36.8 Å². The molecule has 4 heterocycles. The number of anilines is 1. The summed E-state index contributed by atoms with van der Waals surface area (Å²) in [5.41, 5.74) is 3.17. The molecule has 9 nitrogen and oxygen atoms in total. The fourth-order valence-electron chi connectivity index (χ4n) is 3.86. The van der Waals surface area contributed by atoms with E-state index in [4.69, 9.17) is 9.47 Å². The summed E-state index contributed by atoms with van der Waals surface area (Å²) in [6.45, 7) is 2.31. The number of allylic oxidation sites excluding steroid dienone is 1. The zero-order chi connectivity index (χ0) is 25.1. The standard InChI is InChI=1S/C27H22N4O5/c1-16-13-19(35-12-9-18-5-2-3-10-28-18)7-8-21(16)31-26-23(27(33)34)24(32)22(36-26)14-17-15-30-25-20(17)6-4-11-29-25/h2-8,10-11,13-15,31H,9,12H2,1H3,(H,29,30)(H,33,34). The van der Waals surface area contributed by atoms with Crippen LogP contribution in [0.15, 0.2) is 84.3 Å². The van der Waals surface area contributed by atoms with Crippen molar-refractivity contribution in [3.8, 4) is 5.75 Å². The molecule has 0 atom stereocenters. The Kier molecular flexibility index (Phi) is 6.19. The predicted molar refractivity (Wildman–Crippen MR) is 133 cm³/mol. The maximum Gasteiger partial charge on any atom is 0.345 e. The molecule has 0 unspecified atom stereocenters. The van der Waals surface area contributed by atoms with Gasteiger partial charge in [0.1, 0.15) is 11.4 Å². The van der Waals surface area contributed by atoms with Crippen molar-refractivity contribution in [2.24, 2.45) is 0 Å². The molecule has 0 saturated carbocycles. The van der Waals surface area contributed by atoms with E-state index in [-0.39, 0.29) is 11.6 Å². The first-order valence-corrected chi connectivity index (χ1v) is 11.2. The average molecular weight is 482 g/mol. The van der Waals surface area contributed by atoms with E-state index in [9.17, 15) is 14.7 Å². The summed E-state index contributed by atoms with van der Waals surface area (Å²) in [7, 11) is 0. The number of carbonyl (C=O) groups excluding carboxylic acids is 1. The highest BCUT2D eigenvalue weighted by atomic mass is 16.5. The lowest BCUT2D eigenvalue weighted by Gasteiger charge is -2.13. The Labute approximate surface area is 206 Å². The van der Waals surface area contributed by atoms with Crippen LogP contribution in [0.4, 0.5) is 5.69 Å². The van der Waals surface area contributed by atoms with Crippen molar-refractivity contribution in [3.63, 3.8) is 0 Å². The van der Waals surface area contributed by atoms with E-state index in [0.29, 0.717) is 35.7 Å². The Bertz CT molecular complexity index is 1520. The lowest BCUT2D eigenvalue weighted by Crippen LogP contribution is -2.12. The number of ether oxygens (including phenoxy) is 2. The van der Waals surface area contributed by atoms with Crippen LogP contribution >= 0.6 is 0 Å². The number of carboxylic acids is 1. The summed E-state index contributed by atoms with van der Waals surface area (Å²) in [5.74, 6) is -1.65. The van der Waals surface area contributed by atoms with Gasteiger partial charge >= 0.3 is 5.97 Å². The molecule has 180 valence electrons. The third-order valence-corrected chi connectivity index (χ3v) is 5.67. The second kappa shape index (κ2) is 9.75. The number of pyridine rings is 2. The molecule has 1 aliphatic heterocycles. The number of nitrogens with one attached hydrogen (secondary N) is 2. The lowest BCUT2D eigenvalue weighted by atomic mass is 10.1. The lowest BCUT2D eigenvalue weighted by molar-refractivity contribution is -0.134. The van der Waals surface area contributed by atoms with Gasteiger partial charge in [-0.2, -0.15) is 0 Å². The molecule has 0 saturated heterocycles. The number of benzene rings is 1. The van der Waals surface area contributed by atoms with Crippen LogP contribution in [0.25, 0.3) is 17.1 Å². The topological polar surface area (TPSA) is 126 Å². The van der Waals surface area contributed by atoms with Crippen molar-refractivity contribution >= 4 is 34.5 Å². The molecule has 0 aliphatic carbocycles. The van der Waals surface area contributed by atoms with Gasteiger partial charge in [0.25, 0.3) is 0 Å². The van der Waals surface area contributed by atoms with Crippen LogP contribution in [0.2, 0.25) is 0 Å². The first-order valence-electron chi connectivity index (χ1n) is 11.2. The summed E-state index contributed by atoms with van der Waals surface area (Å²) in [4.78, 5) is 36.3. The molecular formula is C27H22N4O5. The van der Waals surface area contributed by atoms with E-state index < -0.39 is 17.3 Å². The number of fused-ring (bicyclic) bond motifs is 1. The maximum absolute atomic E-state index is 12.9.